The van der Waals surface area contributed by atoms with Gasteiger partial charge in [0.1, 0.15) is 12.4 Å². The summed E-state index contributed by atoms with van der Waals surface area (Å²) in [5.41, 5.74) is 3.96. The van der Waals surface area contributed by atoms with Crippen molar-refractivity contribution in [2.75, 3.05) is 6.61 Å². The lowest BCUT2D eigenvalue weighted by atomic mass is 10.0. The van der Waals surface area contributed by atoms with Crippen LogP contribution in [0.2, 0.25) is 0 Å². The topological polar surface area (TPSA) is 68.1 Å². The lowest BCUT2D eigenvalue weighted by molar-refractivity contribution is -0.142. The first-order valence-electron chi connectivity index (χ1n) is 8.55. The Morgan fingerprint density at radius 1 is 1.00 bits per heavy atom. The summed E-state index contributed by atoms with van der Waals surface area (Å²) in [5, 5.41) is 12.2. The number of hydrogen-bond acceptors (Lipinski definition) is 4. The van der Waals surface area contributed by atoms with Gasteiger partial charge in [0.2, 0.25) is 6.61 Å². The molecule has 28 heavy (non-hydrogen) atoms. The van der Waals surface area contributed by atoms with Gasteiger partial charge in [-0.05, 0) is 52.6 Å². The van der Waals surface area contributed by atoms with Crippen molar-refractivity contribution >= 4 is 28.1 Å². The Bertz CT molecular complexity index is 970. The van der Waals surface area contributed by atoms with E-state index < -0.39 is 12.6 Å². The van der Waals surface area contributed by atoms with Gasteiger partial charge in [0.05, 0.1) is 6.21 Å². The van der Waals surface area contributed by atoms with Gasteiger partial charge in [-0.3, -0.25) is 0 Å². The summed E-state index contributed by atoms with van der Waals surface area (Å²) in [5.74, 6) is -0.267. The van der Waals surface area contributed by atoms with E-state index in [4.69, 9.17) is 9.84 Å². The third kappa shape index (κ3) is 5.96. The van der Waals surface area contributed by atoms with Crippen LogP contribution in [0.1, 0.15) is 11.1 Å². The maximum atomic E-state index is 10.4. The minimum atomic E-state index is -1.06. The number of carboxylic acids is 1. The first-order valence-corrected chi connectivity index (χ1v) is 9.34. The molecule has 3 aromatic carbocycles. The normalized spacial score (nSPS) is 10.8. The largest absolute Gasteiger partial charge is 0.489 e. The second-order valence-corrected chi connectivity index (χ2v) is 6.89. The molecule has 0 aliphatic heterocycles. The van der Waals surface area contributed by atoms with Gasteiger partial charge in [0.25, 0.3) is 0 Å². The van der Waals surface area contributed by atoms with Gasteiger partial charge in [-0.1, -0.05) is 63.6 Å². The monoisotopic (exact) mass is 439 g/mol. The Hall–Kier alpha value is -3.12. The molecule has 0 radical (unpaired) electrons. The molecule has 1 N–H and O–H groups in total. The molecule has 0 saturated carbocycles. The Morgan fingerprint density at radius 2 is 1.79 bits per heavy atom. The van der Waals surface area contributed by atoms with Gasteiger partial charge in [0, 0.05) is 4.47 Å². The Labute approximate surface area is 171 Å². The number of ether oxygens (including phenoxy) is 1. The first kappa shape index (κ1) is 19.6. The lowest BCUT2D eigenvalue weighted by Crippen LogP contribution is -2.03. The van der Waals surface area contributed by atoms with Crippen LogP contribution >= 0.6 is 15.9 Å². The fraction of sp³-hybridized carbons (Fsp3) is 0.0909. The standard InChI is InChI=1S/C22H18BrNO4/c23-20-6-2-4-17(12-20)14-27-21-9-7-18(8-10-21)19-5-1-3-16(11-19)13-24-28-15-22(25)26/h1-13H,14-15H2,(H,25,26)/b24-13+. The van der Waals surface area contributed by atoms with Crippen molar-refractivity contribution in [2.24, 2.45) is 5.16 Å². The van der Waals surface area contributed by atoms with Crippen molar-refractivity contribution in [2.45, 2.75) is 6.61 Å². The van der Waals surface area contributed by atoms with Crippen LogP contribution in [0, 0.1) is 0 Å². The molecule has 0 aromatic heterocycles. The molecule has 0 fully saturated rings. The highest BCUT2D eigenvalue weighted by Crippen LogP contribution is 2.24. The number of rotatable bonds is 8. The fourth-order valence-corrected chi connectivity index (χ4v) is 2.97. The molecular weight excluding hydrogens is 422 g/mol. The molecule has 0 bridgehead atoms. The molecule has 0 saturated heterocycles. The highest BCUT2D eigenvalue weighted by molar-refractivity contribution is 9.10. The quantitative estimate of drug-likeness (QED) is 0.390. The highest BCUT2D eigenvalue weighted by Gasteiger charge is 2.01. The second-order valence-electron chi connectivity index (χ2n) is 5.97. The van der Waals surface area contributed by atoms with E-state index in [1.165, 1.54) is 6.21 Å². The van der Waals surface area contributed by atoms with Gasteiger partial charge in [0.15, 0.2) is 0 Å². The van der Waals surface area contributed by atoms with Crippen LogP contribution in [0.3, 0.4) is 0 Å². The summed E-state index contributed by atoms with van der Waals surface area (Å²) >= 11 is 3.46. The summed E-state index contributed by atoms with van der Waals surface area (Å²) in [6, 6.07) is 23.6. The highest BCUT2D eigenvalue weighted by atomic mass is 79.9. The zero-order chi connectivity index (χ0) is 19.8. The summed E-state index contributed by atoms with van der Waals surface area (Å²) < 4.78 is 6.87. The summed E-state index contributed by atoms with van der Waals surface area (Å²) in [6.07, 6.45) is 1.49. The van der Waals surface area contributed by atoms with Crippen LogP contribution in [0.5, 0.6) is 5.75 Å². The predicted molar refractivity (Wildman–Crippen MR) is 112 cm³/mol. The van der Waals surface area contributed by atoms with Crippen molar-refractivity contribution in [1.29, 1.82) is 0 Å². The van der Waals surface area contributed by atoms with E-state index in [2.05, 4.69) is 25.9 Å². The molecular formula is C22H18BrNO4. The van der Waals surface area contributed by atoms with Gasteiger partial charge in [-0.2, -0.15) is 0 Å². The number of nitrogens with zero attached hydrogens (tertiary/aromatic N) is 1. The average molecular weight is 440 g/mol. The molecule has 3 rings (SSSR count). The van der Waals surface area contributed by atoms with Crippen LogP contribution < -0.4 is 4.74 Å². The molecule has 0 aliphatic carbocycles. The van der Waals surface area contributed by atoms with E-state index in [9.17, 15) is 4.79 Å². The van der Waals surface area contributed by atoms with Gasteiger partial charge in [-0.15, -0.1) is 0 Å². The number of carbonyl (C=O) groups is 1. The zero-order valence-electron chi connectivity index (χ0n) is 14.9. The van der Waals surface area contributed by atoms with Crippen molar-refractivity contribution in [3.63, 3.8) is 0 Å². The van der Waals surface area contributed by atoms with Crippen LogP contribution in [0.15, 0.2) is 82.4 Å². The summed E-state index contributed by atoms with van der Waals surface area (Å²) in [6.45, 7) is 0.0403. The SMILES string of the molecule is O=C(O)CO/N=C/c1cccc(-c2ccc(OCc3cccc(Br)c3)cc2)c1. The van der Waals surface area contributed by atoms with Crippen molar-refractivity contribution < 1.29 is 19.5 Å². The molecule has 0 unspecified atom stereocenters. The minimum Gasteiger partial charge on any atom is -0.489 e. The van der Waals surface area contributed by atoms with Crippen LogP contribution in [0.25, 0.3) is 11.1 Å². The number of hydrogen-bond donors (Lipinski definition) is 1. The minimum absolute atomic E-state index is 0.461. The number of carboxylic acid groups (broad SMARTS) is 1. The van der Waals surface area contributed by atoms with Crippen LogP contribution in [0.4, 0.5) is 0 Å². The molecule has 0 heterocycles. The third-order valence-electron chi connectivity index (χ3n) is 3.83. The van der Waals surface area contributed by atoms with Crippen LogP contribution in [-0.4, -0.2) is 23.9 Å². The fourth-order valence-electron chi connectivity index (χ4n) is 2.53. The maximum Gasteiger partial charge on any atom is 0.344 e. The Kier molecular flexibility index (Phi) is 6.81. The van der Waals surface area contributed by atoms with E-state index in [0.717, 1.165) is 32.5 Å². The van der Waals surface area contributed by atoms with Crippen molar-refractivity contribution in [3.8, 4) is 16.9 Å². The van der Waals surface area contributed by atoms with Crippen molar-refractivity contribution in [1.82, 2.24) is 0 Å². The number of oxime groups is 1. The molecule has 0 atom stereocenters. The van der Waals surface area contributed by atoms with Gasteiger partial charge >= 0.3 is 5.97 Å². The molecule has 0 aliphatic rings. The molecule has 0 amide bonds. The Balaban J connectivity index is 1.63. The smallest absolute Gasteiger partial charge is 0.344 e. The number of halogens is 1. The first-order chi connectivity index (χ1) is 13.6. The van der Waals surface area contributed by atoms with E-state index in [-0.39, 0.29) is 0 Å². The van der Waals surface area contributed by atoms with E-state index in [0.29, 0.717) is 6.61 Å². The summed E-state index contributed by atoms with van der Waals surface area (Å²) in [7, 11) is 0. The molecule has 0 spiro atoms. The Morgan fingerprint density at radius 3 is 2.54 bits per heavy atom. The molecule has 5 nitrogen and oxygen atoms in total. The van der Waals surface area contributed by atoms with Crippen molar-refractivity contribution in [3.05, 3.63) is 88.4 Å². The molecule has 6 heteroatoms. The maximum absolute atomic E-state index is 10.4. The summed E-state index contributed by atoms with van der Waals surface area (Å²) in [4.78, 5) is 15.1. The third-order valence-corrected chi connectivity index (χ3v) is 4.33. The van der Waals surface area contributed by atoms with E-state index >= 15 is 0 Å². The second kappa shape index (κ2) is 9.71. The number of benzene rings is 3. The van der Waals surface area contributed by atoms with Gasteiger partial charge < -0.3 is 14.7 Å². The predicted octanol–water partition coefficient (Wildman–Crippen LogP) is 5.13. The lowest BCUT2D eigenvalue weighted by Gasteiger charge is -2.08. The van der Waals surface area contributed by atoms with Crippen LogP contribution in [-0.2, 0) is 16.2 Å². The zero-order valence-corrected chi connectivity index (χ0v) is 16.5. The number of aliphatic carboxylic acids is 1. The molecule has 3 aromatic rings. The van der Waals surface area contributed by atoms with Gasteiger partial charge in [-0.25, -0.2) is 4.79 Å². The van der Waals surface area contributed by atoms with E-state index in [1.54, 1.807) is 0 Å². The molecule has 142 valence electrons. The average Bonchev–Trinajstić information content (AvgIpc) is 2.70. The van der Waals surface area contributed by atoms with E-state index in [1.807, 2.05) is 72.8 Å².